The molecule has 0 aliphatic heterocycles. The van der Waals surface area contributed by atoms with Gasteiger partial charge in [0.1, 0.15) is 5.82 Å². The van der Waals surface area contributed by atoms with Crippen molar-refractivity contribution in [3.8, 4) is 0 Å². The minimum atomic E-state index is -0.667. The number of rotatable bonds is 6. The van der Waals surface area contributed by atoms with E-state index in [1.54, 1.807) is 19.4 Å². The van der Waals surface area contributed by atoms with Crippen LogP contribution in [0.4, 0.5) is 11.4 Å². The van der Waals surface area contributed by atoms with Crippen LogP contribution in [0.5, 0.6) is 0 Å². The van der Waals surface area contributed by atoms with Crippen LogP contribution in [-0.4, -0.2) is 22.9 Å². The molecule has 1 amide bonds. The molecular formula is C25H26N4O. The first-order valence-electron chi connectivity index (χ1n) is 10.1. The fourth-order valence-corrected chi connectivity index (χ4v) is 4.00. The number of hydrogen-bond donors (Lipinski definition) is 3. The number of aromatic nitrogens is 2. The van der Waals surface area contributed by atoms with Crippen molar-refractivity contribution in [2.24, 2.45) is 5.41 Å². The van der Waals surface area contributed by atoms with Gasteiger partial charge in [-0.25, -0.2) is 4.98 Å². The summed E-state index contributed by atoms with van der Waals surface area (Å²) in [6, 6.07) is 22.8. The summed E-state index contributed by atoms with van der Waals surface area (Å²) in [5.41, 5.74) is 2.39. The van der Waals surface area contributed by atoms with E-state index in [1.807, 2.05) is 38.1 Å². The lowest BCUT2D eigenvalue weighted by atomic mass is 9.73. The molecule has 1 aromatic heterocycles. The van der Waals surface area contributed by atoms with Crippen LogP contribution in [0.2, 0.25) is 0 Å². The van der Waals surface area contributed by atoms with E-state index in [2.05, 4.69) is 63.1 Å². The van der Waals surface area contributed by atoms with E-state index in [0.717, 1.165) is 22.8 Å². The van der Waals surface area contributed by atoms with Crippen LogP contribution in [0.15, 0.2) is 79.1 Å². The van der Waals surface area contributed by atoms with Gasteiger partial charge in [0.05, 0.1) is 11.3 Å². The van der Waals surface area contributed by atoms with E-state index in [4.69, 9.17) is 0 Å². The molecule has 0 spiro atoms. The third kappa shape index (κ3) is 3.79. The van der Waals surface area contributed by atoms with E-state index in [0.29, 0.717) is 0 Å². The first-order valence-corrected chi connectivity index (χ1v) is 10.1. The molecule has 0 radical (unpaired) electrons. The van der Waals surface area contributed by atoms with Gasteiger partial charge >= 0.3 is 0 Å². The Morgan fingerprint density at radius 2 is 1.67 bits per heavy atom. The summed E-state index contributed by atoms with van der Waals surface area (Å²) in [5.74, 6) is 0.559. The second-order valence-electron chi connectivity index (χ2n) is 8.02. The number of H-pyrrole nitrogens is 1. The molecule has 3 N–H and O–H groups in total. The molecule has 0 saturated heterocycles. The van der Waals surface area contributed by atoms with Gasteiger partial charge in [0, 0.05) is 30.8 Å². The first-order chi connectivity index (χ1) is 14.5. The Balaban J connectivity index is 1.62. The number of hydrogen-bond acceptors (Lipinski definition) is 3. The summed E-state index contributed by atoms with van der Waals surface area (Å²) in [5, 5.41) is 8.67. The third-order valence-corrected chi connectivity index (χ3v) is 5.61. The van der Waals surface area contributed by atoms with E-state index >= 15 is 0 Å². The Bertz CT molecular complexity index is 1150. The van der Waals surface area contributed by atoms with Gasteiger partial charge in [-0.05, 0) is 54.4 Å². The number of anilines is 2. The average molecular weight is 399 g/mol. The van der Waals surface area contributed by atoms with Crippen LogP contribution >= 0.6 is 0 Å². The van der Waals surface area contributed by atoms with E-state index in [-0.39, 0.29) is 11.8 Å². The van der Waals surface area contributed by atoms with Gasteiger partial charge in [-0.15, -0.1) is 0 Å². The fourth-order valence-electron chi connectivity index (χ4n) is 4.00. The predicted molar refractivity (Wildman–Crippen MR) is 122 cm³/mol. The van der Waals surface area contributed by atoms with Gasteiger partial charge in [-0.3, -0.25) is 4.79 Å². The van der Waals surface area contributed by atoms with Crippen molar-refractivity contribution in [1.82, 2.24) is 15.3 Å². The molecule has 1 heterocycles. The second kappa shape index (κ2) is 8.03. The summed E-state index contributed by atoms with van der Waals surface area (Å²) >= 11 is 0. The Morgan fingerprint density at radius 1 is 0.967 bits per heavy atom. The summed E-state index contributed by atoms with van der Waals surface area (Å²) in [6.07, 6.45) is 3.51. The number of fused-ring (bicyclic) bond motifs is 1. The van der Waals surface area contributed by atoms with Crippen LogP contribution in [0, 0.1) is 5.41 Å². The van der Waals surface area contributed by atoms with Crippen LogP contribution in [0.1, 0.15) is 31.2 Å². The SMILES string of the molecule is CNC(=O)C(C)(C)C(c1ccc(Nc2ccc3ccccc3c2)cc1)c1ncc[nH]1. The molecule has 152 valence electrons. The first kappa shape index (κ1) is 19.7. The van der Waals surface area contributed by atoms with E-state index in [9.17, 15) is 4.79 Å². The fraction of sp³-hybridized carbons (Fsp3) is 0.200. The molecule has 0 saturated carbocycles. The van der Waals surface area contributed by atoms with Crippen molar-refractivity contribution in [2.75, 3.05) is 12.4 Å². The lowest BCUT2D eigenvalue weighted by Crippen LogP contribution is -2.40. The van der Waals surface area contributed by atoms with Gasteiger partial charge in [-0.2, -0.15) is 0 Å². The topological polar surface area (TPSA) is 69.8 Å². The van der Waals surface area contributed by atoms with Crippen LogP contribution in [0.3, 0.4) is 0 Å². The lowest BCUT2D eigenvalue weighted by molar-refractivity contribution is -0.129. The molecule has 5 nitrogen and oxygen atoms in total. The zero-order valence-corrected chi connectivity index (χ0v) is 17.4. The minimum Gasteiger partial charge on any atom is -0.359 e. The number of benzene rings is 3. The summed E-state index contributed by atoms with van der Waals surface area (Å²) in [7, 11) is 1.67. The Kier molecular flexibility index (Phi) is 5.27. The lowest BCUT2D eigenvalue weighted by Gasteiger charge is -2.32. The molecule has 0 bridgehead atoms. The normalized spacial score (nSPS) is 12.5. The highest BCUT2D eigenvalue weighted by atomic mass is 16.2. The van der Waals surface area contributed by atoms with Crippen molar-refractivity contribution in [3.63, 3.8) is 0 Å². The van der Waals surface area contributed by atoms with E-state index < -0.39 is 5.41 Å². The maximum absolute atomic E-state index is 12.6. The van der Waals surface area contributed by atoms with Gasteiger partial charge in [0.25, 0.3) is 0 Å². The molecule has 0 aliphatic rings. The van der Waals surface area contributed by atoms with Crippen LogP contribution < -0.4 is 10.6 Å². The largest absolute Gasteiger partial charge is 0.359 e. The van der Waals surface area contributed by atoms with Crippen molar-refractivity contribution in [3.05, 3.63) is 90.5 Å². The number of aromatic amines is 1. The van der Waals surface area contributed by atoms with Gasteiger partial charge < -0.3 is 15.6 Å². The Hall–Kier alpha value is -3.60. The van der Waals surface area contributed by atoms with Crippen LogP contribution in [-0.2, 0) is 4.79 Å². The molecular weight excluding hydrogens is 372 g/mol. The summed E-state index contributed by atoms with van der Waals surface area (Å²) in [6.45, 7) is 3.89. The quantitative estimate of drug-likeness (QED) is 0.417. The summed E-state index contributed by atoms with van der Waals surface area (Å²) in [4.78, 5) is 20.2. The van der Waals surface area contributed by atoms with Crippen molar-refractivity contribution in [1.29, 1.82) is 0 Å². The second-order valence-corrected chi connectivity index (χ2v) is 8.02. The zero-order chi connectivity index (χ0) is 21.1. The van der Waals surface area contributed by atoms with Crippen molar-refractivity contribution < 1.29 is 4.79 Å². The third-order valence-electron chi connectivity index (χ3n) is 5.61. The number of amides is 1. The number of imidazole rings is 1. The molecule has 3 aromatic carbocycles. The molecule has 0 fully saturated rings. The van der Waals surface area contributed by atoms with E-state index in [1.165, 1.54) is 10.8 Å². The molecule has 1 atom stereocenters. The Labute approximate surface area is 176 Å². The number of nitrogens with zero attached hydrogens (tertiary/aromatic N) is 1. The molecule has 4 rings (SSSR count). The Morgan fingerprint density at radius 3 is 2.33 bits per heavy atom. The molecule has 4 aromatic rings. The summed E-state index contributed by atoms with van der Waals surface area (Å²) < 4.78 is 0. The number of carbonyl (C=O) groups excluding carboxylic acids is 1. The molecule has 30 heavy (non-hydrogen) atoms. The standard InChI is InChI=1S/C25H26N4O/c1-25(2,24(30)26-3)22(23-27-14-15-28-23)18-9-11-20(12-10-18)29-21-13-8-17-6-4-5-7-19(17)16-21/h4-16,22,29H,1-3H3,(H,26,30)(H,27,28). The van der Waals surface area contributed by atoms with Gasteiger partial charge in [0.2, 0.25) is 5.91 Å². The number of nitrogens with one attached hydrogen (secondary N) is 3. The molecule has 0 aliphatic carbocycles. The highest BCUT2D eigenvalue weighted by molar-refractivity contribution is 5.86. The maximum atomic E-state index is 12.6. The van der Waals surface area contributed by atoms with Crippen molar-refractivity contribution in [2.45, 2.75) is 19.8 Å². The van der Waals surface area contributed by atoms with Crippen molar-refractivity contribution >= 4 is 28.1 Å². The highest BCUT2D eigenvalue weighted by Crippen LogP contribution is 2.40. The smallest absolute Gasteiger partial charge is 0.226 e. The zero-order valence-electron chi connectivity index (χ0n) is 17.4. The average Bonchev–Trinajstić information content (AvgIpc) is 3.28. The monoisotopic (exact) mass is 398 g/mol. The molecule has 5 heteroatoms. The molecule has 1 unspecified atom stereocenters. The van der Waals surface area contributed by atoms with Crippen LogP contribution in [0.25, 0.3) is 10.8 Å². The minimum absolute atomic E-state index is 0.0257. The van der Waals surface area contributed by atoms with Gasteiger partial charge in [-0.1, -0.05) is 42.5 Å². The maximum Gasteiger partial charge on any atom is 0.226 e. The van der Waals surface area contributed by atoms with Gasteiger partial charge in [0.15, 0.2) is 0 Å². The number of carbonyl (C=O) groups is 1. The predicted octanol–water partition coefficient (Wildman–Crippen LogP) is 5.21. The highest BCUT2D eigenvalue weighted by Gasteiger charge is 2.39.